The summed E-state index contributed by atoms with van der Waals surface area (Å²) in [7, 11) is 0. The zero-order chi connectivity index (χ0) is 14.0. The van der Waals surface area contributed by atoms with Crippen molar-refractivity contribution in [2.75, 3.05) is 18.5 Å². The Morgan fingerprint density at radius 2 is 2.26 bits per heavy atom. The molecule has 1 aromatic rings. The van der Waals surface area contributed by atoms with E-state index in [4.69, 9.17) is 10.5 Å². The minimum atomic E-state index is -0.528. The van der Waals surface area contributed by atoms with Crippen LogP contribution in [-0.4, -0.2) is 30.1 Å². The van der Waals surface area contributed by atoms with Crippen molar-refractivity contribution >= 4 is 17.3 Å². The molecule has 7 heteroatoms. The summed E-state index contributed by atoms with van der Waals surface area (Å²) < 4.78 is 5.11. The van der Waals surface area contributed by atoms with Gasteiger partial charge in [0.15, 0.2) is 0 Å². The fraction of sp³-hybridized carbons (Fsp3) is 0.417. The number of nitrogens with two attached hydrogens (primary N) is 1. The van der Waals surface area contributed by atoms with Crippen molar-refractivity contribution in [3.63, 3.8) is 0 Å². The third-order valence-electron chi connectivity index (χ3n) is 3.07. The summed E-state index contributed by atoms with van der Waals surface area (Å²) in [6, 6.07) is 4.19. The largest absolute Gasteiger partial charge is 0.379 e. The number of ether oxygens (including phenoxy) is 1. The maximum Gasteiger partial charge on any atom is 0.292 e. The molecule has 1 saturated heterocycles. The number of nitro benzene ring substituents is 1. The summed E-state index contributed by atoms with van der Waals surface area (Å²) in [5.74, 6) is -0.821. The van der Waals surface area contributed by atoms with Crippen LogP contribution < -0.4 is 11.1 Å². The van der Waals surface area contributed by atoms with Crippen LogP contribution in [0.2, 0.25) is 0 Å². The SMILES string of the molecule is Cc1ccc([N+](=O)[O-])c(NC(=O)C2COCC2N)c1. The lowest BCUT2D eigenvalue weighted by molar-refractivity contribution is -0.383. The number of nitro groups is 1. The number of amides is 1. The van der Waals surface area contributed by atoms with Gasteiger partial charge in [0, 0.05) is 12.1 Å². The van der Waals surface area contributed by atoms with Crippen molar-refractivity contribution in [2.24, 2.45) is 11.7 Å². The van der Waals surface area contributed by atoms with Gasteiger partial charge < -0.3 is 15.8 Å². The predicted molar refractivity (Wildman–Crippen MR) is 68.7 cm³/mol. The van der Waals surface area contributed by atoms with E-state index >= 15 is 0 Å². The molecule has 7 nitrogen and oxygen atoms in total. The number of benzene rings is 1. The number of anilines is 1. The molecule has 1 heterocycles. The van der Waals surface area contributed by atoms with Crippen LogP contribution in [0.5, 0.6) is 0 Å². The molecule has 0 bridgehead atoms. The number of hydrogen-bond donors (Lipinski definition) is 2. The highest BCUT2D eigenvalue weighted by atomic mass is 16.6. The molecule has 0 aliphatic carbocycles. The molecule has 0 saturated carbocycles. The van der Waals surface area contributed by atoms with Crippen LogP contribution in [0.3, 0.4) is 0 Å². The molecule has 102 valence electrons. The van der Waals surface area contributed by atoms with Crippen LogP contribution in [0.4, 0.5) is 11.4 Å². The number of carbonyl (C=O) groups is 1. The van der Waals surface area contributed by atoms with E-state index in [0.717, 1.165) is 5.56 Å². The van der Waals surface area contributed by atoms with Gasteiger partial charge in [0.1, 0.15) is 5.69 Å². The molecule has 19 heavy (non-hydrogen) atoms. The van der Waals surface area contributed by atoms with Crippen molar-refractivity contribution in [1.82, 2.24) is 0 Å². The van der Waals surface area contributed by atoms with Gasteiger partial charge in [-0.15, -0.1) is 0 Å². The zero-order valence-corrected chi connectivity index (χ0v) is 10.5. The van der Waals surface area contributed by atoms with Gasteiger partial charge in [-0.3, -0.25) is 14.9 Å². The minimum Gasteiger partial charge on any atom is -0.379 e. The van der Waals surface area contributed by atoms with Crippen molar-refractivity contribution in [3.8, 4) is 0 Å². The highest BCUT2D eigenvalue weighted by molar-refractivity contribution is 5.95. The molecular weight excluding hydrogens is 250 g/mol. The lowest BCUT2D eigenvalue weighted by Crippen LogP contribution is -2.37. The Kier molecular flexibility index (Phi) is 3.77. The fourth-order valence-electron chi connectivity index (χ4n) is 1.98. The number of carbonyl (C=O) groups excluding carboxylic acids is 1. The van der Waals surface area contributed by atoms with Crippen LogP contribution in [0.25, 0.3) is 0 Å². The van der Waals surface area contributed by atoms with Gasteiger partial charge in [-0.1, -0.05) is 6.07 Å². The van der Waals surface area contributed by atoms with E-state index in [2.05, 4.69) is 5.32 Å². The van der Waals surface area contributed by atoms with E-state index in [0.29, 0.717) is 6.61 Å². The van der Waals surface area contributed by atoms with Crippen LogP contribution >= 0.6 is 0 Å². The molecule has 2 rings (SSSR count). The molecule has 3 N–H and O–H groups in total. The Balaban J connectivity index is 2.20. The van der Waals surface area contributed by atoms with Gasteiger partial charge in [0.2, 0.25) is 5.91 Å². The summed E-state index contributed by atoms with van der Waals surface area (Å²) in [4.78, 5) is 22.4. The van der Waals surface area contributed by atoms with Crippen molar-refractivity contribution in [3.05, 3.63) is 33.9 Å². The normalized spacial score (nSPS) is 22.2. The Bertz CT molecular complexity index is 518. The molecule has 0 aromatic heterocycles. The number of hydrogen-bond acceptors (Lipinski definition) is 5. The van der Waals surface area contributed by atoms with Gasteiger partial charge in [-0.05, 0) is 18.6 Å². The number of rotatable bonds is 3. The van der Waals surface area contributed by atoms with Gasteiger partial charge in [0.25, 0.3) is 5.69 Å². The number of nitrogens with zero attached hydrogens (tertiary/aromatic N) is 1. The predicted octanol–water partition coefficient (Wildman–Crippen LogP) is 0.815. The molecule has 1 amide bonds. The molecule has 1 aromatic carbocycles. The van der Waals surface area contributed by atoms with E-state index in [1.165, 1.54) is 6.07 Å². The van der Waals surface area contributed by atoms with Gasteiger partial charge in [0.05, 0.1) is 24.1 Å². The molecule has 1 aliphatic rings. The highest BCUT2D eigenvalue weighted by Gasteiger charge is 2.32. The lowest BCUT2D eigenvalue weighted by Gasteiger charge is -2.13. The average molecular weight is 265 g/mol. The van der Waals surface area contributed by atoms with Crippen molar-refractivity contribution in [2.45, 2.75) is 13.0 Å². The van der Waals surface area contributed by atoms with E-state index in [-0.39, 0.29) is 29.9 Å². The molecule has 2 atom stereocenters. The third-order valence-corrected chi connectivity index (χ3v) is 3.07. The highest BCUT2D eigenvalue weighted by Crippen LogP contribution is 2.26. The quantitative estimate of drug-likeness (QED) is 0.621. The number of nitrogens with one attached hydrogen (secondary N) is 1. The first-order valence-corrected chi connectivity index (χ1v) is 5.88. The summed E-state index contributed by atoms with van der Waals surface area (Å²) in [5, 5.41) is 13.5. The molecule has 2 unspecified atom stereocenters. The second-order valence-electron chi connectivity index (χ2n) is 4.57. The van der Waals surface area contributed by atoms with E-state index < -0.39 is 10.8 Å². The summed E-state index contributed by atoms with van der Waals surface area (Å²) in [6.45, 7) is 2.37. The monoisotopic (exact) mass is 265 g/mol. The standard InChI is InChI=1S/C12H15N3O4/c1-7-2-3-11(15(17)18)10(4-7)14-12(16)8-5-19-6-9(8)13/h2-4,8-9H,5-6,13H2,1H3,(H,14,16). The maximum atomic E-state index is 12.0. The molecule has 1 fully saturated rings. The Morgan fingerprint density at radius 1 is 1.53 bits per heavy atom. The Labute approximate surface area is 109 Å². The van der Waals surface area contributed by atoms with Crippen LogP contribution in [0.1, 0.15) is 5.56 Å². The Hall–Kier alpha value is -1.99. The van der Waals surface area contributed by atoms with Crippen molar-refractivity contribution < 1.29 is 14.5 Å². The second kappa shape index (κ2) is 5.33. The summed E-state index contributed by atoms with van der Waals surface area (Å²) >= 11 is 0. The molecule has 0 spiro atoms. The van der Waals surface area contributed by atoms with Gasteiger partial charge in [-0.2, -0.15) is 0 Å². The van der Waals surface area contributed by atoms with E-state index in [9.17, 15) is 14.9 Å². The van der Waals surface area contributed by atoms with Crippen LogP contribution in [0.15, 0.2) is 18.2 Å². The summed E-state index contributed by atoms with van der Waals surface area (Å²) in [5.41, 5.74) is 6.62. The lowest BCUT2D eigenvalue weighted by atomic mass is 10.0. The van der Waals surface area contributed by atoms with Crippen LogP contribution in [-0.2, 0) is 9.53 Å². The van der Waals surface area contributed by atoms with Crippen molar-refractivity contribution in [1.29, 1.82) is 0 Å². The number of aryl methyl sites for hydroxylation is 1. The maximum absolute atomic E-state index is 12.0. The van der Waals surface area contributed by atoms with E-state index in [1.807, 2.05) is 0 Å². The average Bonchev–Trinajstić information content (AvgIpc) is 2.75. The molecular formula is C12H15N3O4. The topological polar surface area (TPSA) is 107 Å². The fourth-order valence-corrected chi connectivity index (χ4v) is 1.98. The first-order chi connectivity index (χ1) is 8.99. The summed E-state index contributed by atoms with van der Waals surface area (Å²) in [6.07, 6.45) is 0. The van der Waals surface area contributed by atoms with Gasteiger partial charge >= 0.3 is 0 Å². The van der Waals surface area contributed by atoms with Gasteiger partial charge in [-0.25, -0.2) is 0 Å². The first kappa shape index (κ1) is 13.4. The molecule has 0 radical (unpaired) electrons. The molecule has 1 aliphatic heterocycles. The van der Waals surface area contributed by atoms with Crippen LogP contribution in [0, 0.1) is 23.0 Å². The van der Waals surface area contributed by atoms with E-state index in [1.54, 1.807) is 19.1 Å². The minimum absolute atomic E-state index is 0.133. The third kappa shape index (κ3) is 2.88. The second-order valence-corrected chi connectivity index (χ2v) is 4.57. The first-order valence-electron chi connectivity index (χ1n) is 5.88. The smallest absolute Gasteiger partial charge is 0.292 e. The zero-order valence-electron chi connectivity index (χ0n) is 10.5. The Morgan fingerprint density at radius 3 is 2.84 bits per heavy atom.